The largest absolute Gasteiger partial charge is 0.489 e. The minimum Gasteiger partial charge on any atom is -0.489 e. The first kappa shape index (κ1) is 26.7. The SMILES string of the molecule is CCCCOC(=O)N(C(=O)OC(C)(C)C)[C@@H](Cc1ccc(OCc2ccccc2)cc1)C(=O)O. The van der Waals surface area contributed by atoms with E-state index in [1.54, 1.807) is 45.0 Å². The minimum absolute atomic E-state index is 0.0778. The highest BCUT2D eigenvalue weighted by Gasteiger charge is 2.39. The molecule has 0 fully saturated rings. The molecule has 0 spiro atoms. The van der Waals surface area contributed by atoms with Gasteiger partial charge in [-0.25, -0.2) is 14.4 Å². The average molecular weight is 472 g/mol. The van der Waals surface area contributed by atoms with Crippen molar-refractivity contribution in [2.24, 2.45) is 0 Å². The van der Waals surface area contributed by atoms with E-state index in [1.165, 1.54) is 0 Å². The molecule has 2 aromatic rings. The highest BCUT2D eigenvalue weighted by atomic mass is 16.6. The van der Waals surface area contributed by atoms with Crippen LogP contribution in [0.25, 0.3) is 0 Å². The summed E-state index contributed by atoms with van der Waals surface area (Å²) in [4.78, 5) is 38.1. The van der Waals surface area contributed by atoms with E-state index in [0.717, 1.165) is 12.0 Å². The van der Waals surface area contributed by atoms with E-state index in [2.05, 4.69) is 0 Å². The van der Waals surface area contributed by atoms with E-state index >= 15 is 0 Å². The summed E-state index contributed by atoms with van der Waals surface area (Å²) in [6, 6.07) is 15.0. The predicted octanol–water partition coefficient (Wildman–Crippen LogP) is 5.44. The average Bonchev–Trinajstić information content (AvgIpc) is 2.77. The lowest BCUT2D eigenvalue weighted by atomic mass is 10.0. The molecule has 8 nitrogen and oxygen atoms in total. The highest BCUT2D eigenvalue weighted by molar-refractivity contribution is 5.93. The molecule has 2 aromatic carbocycles. The molecule has 34 heavy (non-hydrogen) atoms. The number of aliphatic carboxylic acids is 1. The first-order valence-electron chi connectivity index (χ1n) is 11.3. The zero-order valence-corrected chi connectivity index (χ0v) is 20.2. The lowest BCUT2D eigenvalue weighted by Crippen LogP contribution is -2.51. The van der Waals surface area contributed by atoms with Gasteiger partial charge >= 0.3 is 18.2 Å². The number of nitrogens with zero attached hydrogens (tertiary/aromatic N) is 1. The van der Waals surface area contributed by atoms with Gasteiger partial charge in [0.05, 0.1) is 6.61 Å². The van der Waals surface area contributed by atoms with Crippen molar-refractivity contribution in [1.29, 1.82) is 0 Å². The van der Waals surface area contributed by atoms with Gasteiger partial charge in [0, 0.05) is 6.42 Å². The molecule has 0 aliphatic carbocycles. The fraction of sp³-hybridized carbons (Fsp3) is 0.423. The first-order valence-corrected chi connectivity index (χ1v) is 11.3. The van der Waals surface area contributed by atoms with E-state index in [0.29, 0.717) is 29.2 Å². The summed E-state index contributed by atoms with van der Waals surface area (Å²) in [5, 5.41) is 9.86. The molecule has 0 saturated heterocycles. The fourth-order valence-corrected chi connectivity index (χ4v) is 2.99. The van der Waals surface area contributed by atoms with Crippen molar-refractivity contribution in [3.05, 3.63) is 65.7 Å². The van der Waals surface area contributed by atoms with Crippen LogP contribution in [0.1, 0.15) is 51.7 Å². The number of hydrogen-bond donors (Lipinski definition) is 1. The van der Waals surface area contributed by atoms with E-state index in [1.807, 2.05) is 37.3 Å². The lowest BCUT2D eigenvalue weighted by molar-refractivity contribution is -0.142. The van der Waals surface area contributed by atoms with Gasteiger partial charge in [0.25, 0.3) is 0 Å². The molecular formula is C26H33NO7. The zero-order valence-electron chi connectivity index (χ0n) is 20.2. The summed E-state index contributed by atoms with van der Waals surface area (Å²) < 4.78 is 16.2. The number of carboxylic acids is 1. The van der Waals surface area contributed by atoms with Crippen LogP contribution in [0.15, 0.2) is 54.6 Å². The Kier molecular flexibility index (Phi) is 9.92. The molecule has 0 saturated carbocycles. The maximum Gasteiger partial charge on any atom is 0.420 e. The summed E-state index contributed by atoms with van der Waals surface area (Å²) in [6.45, 7) is 7.30. The summed E-state index contributed by atoms with van der Waals surface area (Å²) >= 11 is 0. The molecule has 0 radical (unpaired) electrons. The number of benzene rings is 2. The molecule has 0 aromatic heterocycles. The topological polar surface area (TPSA) is 102 Å². The number of ether oxygens (including phenoxy) is 3. The summed E-state index contributed by atoms with van der Waals surface area (Å²) in [5.41, 5.74) is 0.710. The molecule has 0 bridgehead atoms. The molecule has 1 N–H and O–H groups in total. The Labute approximate surface area is 200 Å². The quantitative estimate of drug-likeness (QED) is 0.461. The number of carbonyl (C=O) groups excluding carboxylic acids is 2. The monoisotopic (exact) mass is 471 g/mol. The van der Waals surface area contributed by atoms with Crippen molar-refractivity contribution in [1.82, 2.24) is 4.90 Å². The normalized spacial score (nSPS) is 11.9. The number of rotatable bonds is 10. The number of carboxylic acid groups (broad SMARTS) is 1. The van der Waals surface area contributed by atoms with Crippen LogP contribution in [0.5, 0.6) is 5.75 Å². The number of amides is 2. The lowest BCUT2D eigenvalue weighted by Gasteiger charge is -2.29. The van der Waals surface area contributed by atoms with Crippen LogP contribution in [0.2, 0.25) is 0 Å². The van der Waals surface area contributed by atoms with Gasteiger partial charge in [0.15, 0.2) is 0 Å². The molecular weight excluding hydrogens is 438 g/mol. The molecule has 8 heteroatoms. The summed E-state index contributed by atoms with van der Waals surface area (Å²) in [5.74, 6) is -0.731. The highest BCUT2D eigenvalue weighted by Crippen LogP contribution is 2.20. The molecule has 0 unspecified atom stereocenters. The van der Waals surface area contributed by atoms with E-state index in [4.69, 9.17) is 14.2 Å². The van der Waals surface area contributed by atoms with Gasteiger partial charge in [-0.15, -0.1) is 0 Å². The van der Waals surface area contributed by atoms with Gasteiger partial charge in [-0.05, 0) is 50.5 Å². The van der Waals surface area contributed by atoms with Crippen molar-refractivity contribution >= 4 is 18.2 Å². The third kappa shape index (κ3) is 8.77. The van der Waals surface area contributed by atoms with Crippen LogP contribution in [0.3, 0.4) is 0 Å². The standard InChI is InChI=1S/C26H33NO7/c1-5-6-16-32-24(30)27(25(31)34-26(2,3)4)22(23(28)29)17-19-12-14-21(15-13-19)33-18-20-10-8-7-9-11-20/h7-15,22H,5-6,16-18H2,1-4H3,(H,28,29)/t22-/m0/s1. The number of imide groups is 1. The Morgan fingerprint density at radius 1 is 0.941 bits per heavy atom. The van der Waals surface area contributed by atoms with Crippen molar-refractivity contribution in [2.45, 2.75) is 65.2 Å². The first-order chi connectivity index (χ1) is 16.1. The number of unbranched alkanes of at least 4 members (excludes halogenated alkanes) is 1. The van der Waals surface area contributed by atoms with Crippen LogP contribution in [-0.2, 0) is 27.3 Å². The number of carbonyl (C=O) groups is 3. The second kappa shape index (κ2) is 12.6. The molecule has 2 rings (SSSR count). The van der Waals surface area contributed by atoms with E-state index in [-0.39, 0.29) is 13.0 Å². The van der Waals surface area contributed by atoms with Crippen molar-refractivity contribution in [3.8, 4) is 5.75 Å². The third-order valence-corrected chi connectivity index (χ3v) is 4.71. The fourth-order valence-electron chi connectivity index (χ4n) is 2.99. The molecule has 2 amide bonds. The van der Waals surface area contributed by atoms with Crippen LogP contribution >= 0.6 is 0 Å². The summed E-state index contributed by atoms with van der Waals surface area (Å²) in [7, 11) is 0. The Bertz CT molecular complexity index is 936. The Morgan fingerprint density at radius 3 is 2.15 bits per heavy atom. The van der Waals surface area contributed by atoms with Gasteiger partial charge in [-0.3, -0.25) is 0 Å². The second-order valence-electron chi connectivity index (χ2n) is 8.79. The Hall–Kier alpha value is -3.55. The van der Waals surface area contributed by atoms with Crippen LogP contribution < -0.4 is 4.74 Å². The van der Waals surface area contributed by atoms with Crippen molar-refractivity contribution in [2.75, 3.05) is 6.61 Å². The van der Waals surface area contributed by atoms with E-state index in [9.17, 15) is 19.5 Å². The third-order valence-electron chi connectivity index (χ3n) is 4.71. The van der Waals surface area contributed by atoms with Gasteiger partial charge in [-0.2, -0.15) is 4.90 Å². The maximum absolute atomic E-state index is 12.8. The smallest absolute Gasteiger partial charge is 0.420 e. The minimum atomic E-state index is -1.50. The van der Waals surface area contributed by atoms with Crippen LogP contribution in [-0.4, -0.2) is 46.4 Å². The molecule has 0 aliphatic rings. The molecule has 184 valence electrons. The van der Waals surface area contributed by atoms with Crippen molar-refractivity contribution in [3.63, 3.8) is 0 Å². The van der Waals surface area contributed by atoms with E-state index < -0.39 is 29.8 Å². The number of hydrogen-bond acceptors (Lipinski definition) is 6. The maximum atomic E-state index is 12.8. The zero-order chi connectivity index (χ0) is 25.1. The van der Waals surface area contributed by atoms with Gasteiger partial charge in [0.1, 0.15) is 24.0 Å². The summed E-state index contributed by atoms with van der Waals surface area (Å²) in [6.07, 6.45) is -0.852. The Morgan fingerprint density at radius 2 is 1.59 bits per heavy atom. The second-order valence-corrected chi connectivity index (χ2v) is 8.79. The van der Waals surface area contributed by atoms with Gasteiger partial charge in [-0.1, -0.05) is 55.8 Å². The van der Waals surface area contributed by atoms with Crippen molar-refractivity contribution < 1.29 is 33.7 Å². The van der Waals surface area contributed by atoms with Gasteiger partial charge in [0.2, 0.25) is 0 Å². The predicted molar refractivity (Wildman–Crippen MR) is 127 cm³/mol. The van der Waals surface area contributed by atoms with Crippen LogP contribution in [0, 0.1) is 0 Å². The van der Waals surface area contributed by atoms with Gasteiger partial charge < -0.3 is 19.3 Å². The Balaban J connectivity index is 2.16. The molecule has 0 aliphatic heterocycles. The molecule has 0 heterocycles. The van der Waals surface area contributed by atoms with Crippen LogP contribution in [0.4, 0.5) is 9.59 Å². The molecule has 1 atom stereocenters.